The molecule has 0 atom stereocenters. The van der Waals surface area contributed by atoms with Crippen molar-refractivity contribution in [1.82, 2.24) is 14.5 Å². The van der Waals surface area contributed by atoms with Crippen LogP contribution in [0.3, 0.4) is 0 Å². The fourth-order valence-corrected chi connectivity index (χ4v) is 5.35. The fourth-order valence-electron chi connectivity index (χ4n) is 2.08. The number of benzene rings is 1. The van der Waals surface area contributed by atoms with Gasteiger partial charge in [0.25, 0.3) is 10.0 Å². The van der Waals surface area contributed by atoms with E-state index in [-0.39, 0.29) is 28.6 Å². The van der Waals surface area contributed by atoms with E-state index in [1.54, 1.807) is 0 Å². The van der Waals surface area contributed by atoms with E-state index >= 15 is 0 Å². The molecule has 0 aliphatic carbocycles. The van der Waals surface area contributed by atoms with Crippen LogP contribution in [0.25, 0.3) is 0 Å². The van der Waals surface area contributed by atoms with E-state index < -0.39 is 16.1 Å². The van der Waals surface area contributed by atoms with Crippen molar-refractivity contribution in [2.24, 2.45) is 0 Å². The Morgan fingerprint density at radius 2 is 2.17 bits per heavy atom. The number of hydrogen-bond acceptors (Lipinski definition) is 6. The minimum atomic E-state index is -4.04. The summed E-state index contributed by atoms with van der Waals surface area (Å²) in [4.78, 5) is 14.1. The number of carbonyl (C=O) groups is 1. The maximum Gasteiger partial charge on any atom is 0.331 e. The van der Waals surface area contributed by atoms with E-state index in [1.165, 1.54) is 23.9 Å². The average Bonchev–Trinajstić information content (AvgIpc) is 2.93. The highest BCUT2D eigenvalue weighted by molar-refractivity contribution is 8.00. The number of thioether (sulfide) groups is 1. The van der Waals surface area contributed by atoms with Crippen LogP contribution in [0, 0.1) is 11.3 Å². The second-order valence-electron chi connectivity index (χ2n) is 5.35. The molecular formula is C14H17ClN4O3S2. The third kappa shape index (κ3) is 3.95. The van der Waals surface area contributed by atoms with Gasteiger partial charge in [-0.2, -0.15) is 5.26 Å². The molecule has 0 aromatic heterocycles. The Hall–Kier alpha value is -1.47. The van der Waals surface area contributed by atoms with E-state index in [0.717, 1.165) is 10.8 Å². The largest absolute Gasteiger partial charge is 0.335 e. The summed E-state index contributed by atoms with van der Waals surface area (Å²) in [6, 6.07) is 3.93. The summed E-state index contributed by atoms with van der Waals surface area (Å²) in [6.45, 7) is 1.07. The number of nitrogens with one attached hydrogen (secondary N) is 1. The summed E-state index contributed by atoms with van der Waals surface area (Å²) in [6.07, 6.45) is 0. The molecule has 2 amide bonds. The molecule has 1 heterocycles. The van der Waals surface area contributed by atoms with Crippen molar-refractivity contribution in [3.05, 3.63) is 22.7 Å². The van der Waals surface area contributed by atoms with Crippen LogP contribution in [0.1, 0.15) is 5.56 Å². The topological polar surface area (TPSA) is 93.5 Å². The molecule has 24 heavy (non-hydrogen) atoms. The lowest BCUT2D eigenvalue weighted by Crippen LogP contribution is -2.34. The van der Waals surface area contributed by atoms with Crippen molar-refractivity contribution in [2.45, 2.75) is 9.79 Å². The third-order valence-corrected chi connectivity index (χ3v) is 6.64. The molecule has 1 fully saturated rings. The standard InChI is InChI=1S/C14H17ClN4O3S2/c1-18(2)5-6-23-12-8-11(15)10(9-16)7-13(12)24(21,22)19-4-3-17-14(19)20/h7-8H,3-6H2,1-2H3,(H,17,20). The Bertz CT molecular complexity index is 790. The van der Waals surface area contributed by atoms with Gasteiger partial charge in [-0.1, -0.05) is 11.6 Å². The molecule has 1 saturated heterocycles. The van der Waals surface area contributed by atoms with Gasteiger partial charge in [-0.15, -0.1) is 11.8 Å². The molecule has 130 valence electrons. The van der Waals surface area contributed by atoms with Gasteiger partial charge in [-0.3, -0.25) is 0 Å². The van der Waals surface area contributed by atoms with Gasteiger partial charge in [0.2, 0.25) is 0 Å². The number of rotatable bonds is 6. The molecule has 0 radical (unpaired) electrons. The molecule has 7 nitrogen and oxygen atoms in total. The number of hydrogen-bond donors (Lipinski definition) is 1. The van der Waals surface area contributed by atoms with Crippen molar-refractivity contribution < 1.29 is 13.2 Å². The molecule has 10 heteroatoms. The van der Waals surface area contributed by atoms with Crippen LogP contribution in [0.2, 0.25) is 5.02 Å². The van der Waals surface area contributed by atoms with Crippen LogP contribution >= 0.6 is 23.4 Å². The summed E-state index contributed by atoms with van der Waals surface area (Å²) in [5.74, 6) is 0.643. The normalized spacial score (nSPS) is 14.8. The molecule has 1 aromatic carbocycles. The predicted molar refractivity (Wildman–Crippen MR) is 92.7 cm³/mol. The zero-order valence-electron chi connectivity index (χ0n) is 13.2. The third-order valence-electron chi connectivity index (χ3n) is 3.34. The van der Waals surface area contributed by atoms with E-state index in [1.807, 2.05) is 25.1 Å². The Kier molecular flexibility index (Phi) is 5.98. The molecule has 0 bridgehead atoms. The lowest BCUT2D eigenvalue weighted by atomic mass is 10.2. The highest BCUT2D eigenvalue weighted by Gasteiger charge is 2.35. The smallest absolute Gasteiger partial charge is 0.331 e. The molecule has 1 aliphatic heterocycles. The number of sulfonamides is 1. The Balaban J connectivity index is 2.45. The van der Waals surface area contributed by atoms with Gasteiger partial charge < -0.3 is 10.2 Å². The van der Waals surface area contributed by atoms with Crippen molar-refractivity contribution in [2.75, 3.05) is 39.5 Å². The first-order valence-electron chi connectivity index (χ1n) is 7.09. The van der Waals surface area contributed by atoms with Gasteiger partial charge >= 0.3 is 6.03 Å². The summed E-state index contributed by atoms with van der Waals surface area (Å²) in [5, 5.41) is 11.8. The minimum absolute atomic E-state index is 0.0619. The Labute approximate surface area is 150 Å². The van der Waals surface area contributed by atoms with Crippen LogP contribution in [-0.4, -0.2) is 63.1 Å². The Morgan fingerprint density at radius 1 is 1.46 bits per heavy atom. The van der Waals surface area contributed by atoms with E-state index in [4.69, 9.17) is 16.9 Å². The van der Waals surface area contributed by atoms with Gasteiger partial charge in [0.15, 0.2) is 0 Å². The SMILES string of the molecule is CN(C)CCSc1cc(Cl)c(C#N)cc1S(=O)(=O)N1CCNC1=O. The molecular weight excluding hydrogens is 372 g/mol. The van der Waals surface area contributed by atoms with Crippen molar-refractivity contribution in [3.8, 4) is 6.07 Å². The van der Waals surface area contributed by atoms with Crippen molar-refractivity contribution >= 4 is 39.4 Å². The molecule has 0 saturated carbocycles. The number of halogens is 1. The highest BCUT2D eigenvalue weighted by Crippen LogP contribution is 2.34. The summed E-state index contributed by atoms with van der Waals surface area (Å²) >= 11 is 7.37. The summed E-state index contributed by atoms with van der Waals surface area (Å²) in [5.41, 5.74) is 0.0619. The van der Waals surface area contributed by atoms with Crippen LogP contribution in [0.4, 0.5) is 4.79 Å². The quantitative estimate of drug-likeness (QED) is 0.743. The zero-order chi connectivity index (χ0) is 17.9. The van der Waals surface area contributed by atoms with Gasteiger partial charge in [0, 0.05) is 23.7 Å². The molecule has 1 N–H and O–H groups in total. The lowest BCUT2D eigenvalue weighted by molar-refractivity contribution is 0.235. The lowest BCUT2D eigenvalue weighted by Gasteiger charge is -2.18. The highest BCUT2D eigenvalue weighted by atomic mass is 35.5. The van der Waals surface area contributed by atoms with Gasteiger partial charge in [-0.05, 0) is 26.2 Å². The van der Waals surface area contributed by atoms with E-state index in [9.17, 15) is 13.2 Å². The average molecular weight is 389 g/mol. The molecule has 1 aliphatic rings. The zero-order valence-corrected chi connectivity index (χ0v) is 15.6. The van der Waals surface area contributed by atoms with Crippen molar-refractivity contribution in [3.63, 3.8) is 0 Å². The van der Waals surface area contributed by atoms with E-state index in [0.29, 0.717) is 10.6 Å². The van der Waals surface area contributed by atoms with Crippen molar-refractivity contribution in [1.29, 1.82) is 5.26 Å². The number of carbonyl (C=O) groups excluding carboxylic acids is 1. The van der Waals surface area contributed by atoms with E-state index in [2.05, 4.69) is 5.32 Å². The predicted octanol–water partition coefficient (Wildman–Crippen LogP) is 1.58. The summed E-state index contributed by atoms with van der Waals surface area (Å²) < 4.78 is 26.4. The monoisotopic (exact) mass is 388 g/mol. The number of nitrogens with zero attached hydrogens (tertiary/aromatic N) is 3. The number of nitriles is 1. The molecule has 0 unspecified atom stereocenters. The first-order chi connectivity index (χ1) is 11.3. The molecule has 2 rings (SSSR count). The molecule has 0 spiro atoms. The number of amides is 2. The second kappa shape index (κ2) is 7.61. The van der Waals surface area contributed by atoms with Gasteiger partial charge in [0.05, 0.1) is 17.1 Å². The first-order valence-corrected chi connectivity index (χ1v) is 9.89. The minimum Gasteiger partial charge on any atom is -0.335 e. The Morgan fingerprint density at radius 3 is 2.71 bits per heavy atom. The van der Waals surface area contributed by atoms with Crippen LogP contribution in [0.5, 0.6) is 0 Å². The van der Waals surface area contributed by atoms with Crippen LogP contribution in [-0.2, 0) is 10.0 Å². The maximum absolute atomic E-state index is 12.8. The van der Waals surface area contributed by atoms with Crippen LogP contribution in [0.15, 0.2) is 21.9 Å². The van der Waals surface area contributed by atoms with Gasteiger partial charge in [0.1, 0.15) is 11.0 Å². The fraction of sp³-hybridized carbons (Fsp3) is 0.429. The first kappa shape index (κ1) is 18.9. The second-order valence-corrected chi connectivity index (χ2v) is 8.73. The maximum atomic E-state index is 12.8. The number of urea groups is 1. The van der Waals surface area contributed by atoms with Crippen LogP contribution < -0.4 is 5.32 Å². The summed E-state index contributed by atoms with van der Waals surface area (Å²) in [7, 11) is -0.211. The van der Waals surface area contributed by atoms with Gasteiger partial charge in [-0.25, -0.2) is 17.5 Å². The molecule has 1 aromatic rings.